The summed E-state index contributed by atoms with van der Waals surface area (Å²) in [6.45, 7) is 0.345. The van der Waals surface area contributed by atoms with Gasteiger partial charge in [-0.2, -0.15) is 11.8 Å². The van der Waals surface area contributed by atoms with Crippen LogP contribution in [0.15, 0.2) is 0 Å². The fourth-order valence-corrected chi connectivity index (χ4v) is 3.41. The monoisotopic (exact) mass is 312 g/mol. The van der Waals surface area contributed by atoms with E-state index in [2.05, 4.69) is 5.92 Å². The van der Waals surface area contributed by atoms with Crippen LogP contribution in [0.2, 0.25) is 0 Å². The molecule has 0 aliphatic rings. The maximum atomic E-state index is 8.67. The molecule has 0 fully saturated rings. The van der Waals surface area contributed by atoms with Gasteiger partial charge in [-0.25, -0.2) is 0 Å². The standard InChI is InChI=1S/C19H36OS/c1-2-3-4-5-6-7-8-9-10-11-12-13-14-15-18-21-19-16-17-20/h1,20H,3-19H2. The summed E-state index contributed by atoms with van der Waals surface area (Å²) >= 11 is 1.99. The maximum absolute atomic E-state index is 8.67. The molecule has 0 aromatic heterocycles. The summed E-state index contributed by atoms with van der Waals surface area (Å²) < 4.78 is 0. The minimum Gasteiger partial charge on any atom is -0.396 e. The number of unbranched alkanes of at least 4 members (excludes halogenated alkanes) is 12. The molecule has 0 spiro atoms. The van der Waals surface area contributed by atoms with Gasteiger partial charge in [0.05, 0.1) is 0 Å². The van der Waals surface area contributed by atoms with E-state index in [1.54, 1.807) is 0 Å². The van der Waals surface area contributed by atoms with Crippen LogP contribution in [0.5, 0.6) is 0 Å². The zero-order valence-electron chi connectivity index (χ0n) is 14.0. The largest absolute Gasteiger partial charge is 0.396 e. The first-order valence-electron chi connectivity index (χ1n) is 9.04. The molecule has 0 radical (unpaired) electrons. The van der Waals surface area contributed by atoms with Crippen molar-refractivity contribution in [2.75, 3.05) is 18.1 Å². The third-order valence-corrected chi connectivity index (χ3v) is 4.96. The Morgan fingerprint density at radius 2 is 1.05 bits per heavy atom. The molecule has 0 saturated carbocycles. The predicted molar refractivity (Wildman–Crippen MR) is 97.9 cm³/mol. The normalized spacial score (nSPS) is 10.7. The molecule has 0 rings (SSSR count). The third kappa shape index (κ3) is 19.9. The van der Waals surface area contributed by atoms with Gasteiger partial charge in [0.2, 0.25) is 0 Å². The van der Waals surface area contributed by atoms with E-state index in [4.69, 9.17) is 11.5 Å². The second-order valence-electron chi connectivity index (χ2n) is 5.89. The molecule has 0 saturated heterocycles. The van der Waals surface area contributed by atoms with E-state index in [1.165, 1.54) is 82.8 Å². The molecule has 0 aliphatic heterocycles. The van der Waals surface area contributed by atoms with Crippen molar-refractivity contribution in [3.63, 3.8) is 0 Å². The van der Waals surface area contributed by atoms with Crippen molar-refractivity contribution in [2.24, 2.45) is 0 Å². The van der Waals surface area contributed by atoms with Gasteiger partial charge in [0.15, 0.2) is 0 Å². The molecule has 1 nitrogen and oxygen atoms in total. The molecule has 0 unspecified atom stereocenters. The van der Waals surface area contributed by atoms with Gasteiger partial charge in [0.25, 0.3) is 0 Å². The second kappa shape index (κ2) is 19.9. The van der Waals surface area contributed by atoms with Crippen LogP contribution >= 0.6 is 11.8 Å². The average Bonchev–Trinajstić information content (AvgIpc) is 2.50. The van der Waals surface area contributed by atoms with E-state index < -0.39 is 0 Å². The molecule has 0 amide bonds. The summed E-state index contributed by atoms with van der Waals surface area (Å²) in [6.07, 6.45) is 23.7. The lowest BCUT2D eigenvalue weighted by atomic mass is 10.0. The Kier molecular flexibility index (Phi) is 19.7. The first-order chi connectivity index (χ1) is 10.4. The maximum Gasteiger partial charge on any atom is 0.0438 e. The Labute approximate surface area is 137 Å². The van der Waals surface area contributed by atoms with Crippen molar-refractivity contribution in [3.05, 3.63) is 0 Å². The highest BCUT2D eigenvalue weighted by atomic mass is 32.2. The second-order valence-corrected chi connectivity index (χ2v) is 7.11. The van der Waals surface area contributed by atoms with Gasteiger partial charge in [0, 0.05) is 13.0 Å². The van der Waals surface area contributed by atoms with Crippen LogP contribution in [0.3, 0.4) is 0 Å². The molecule has 0 aliphatic carbocycles. The van der Waals surface area contributed by atoms with Crippen LogP contribution in [-0.2, 0) is 0 Å². The quantitative estimate of drug-likeness (QED) is 0.270. The van der Waals surface area contributed by atoms with Crippen molar-refractivity contribution >= 4 is 11.8 Å². The zero-order chi connectivity index (χ0) is 15.4. The molecular formula is C19H36OS. The number of aliphatic hydroxyl groups excluding tert-OH is 1. The summed E-state index contributed by atoms with van der Waals surface area (Å²) in [5, 5.41) is 8.67. The average molecular weight is 313 g/mol. The zero-order valence-corrected chi connectivity index (χ0v) is 14.8. The van der Waals surface area contributed by atoms with Gasteiger partial charge in [0.1, 0.15) is 0 Å². The summed E-state index contributed by atoms with van der Waals surface area (Å²) in [7, 11) is 0. The molecule has 0 atom stereocenters. The van der Waals surface area contributed by atoms with Gasteiger partial charge in [-0.3, -0.25) is 0 Å². The Morgan fingerprint density at radius 3 is 1.52 bits per heavy atom. The molecule has 1 N–H and O–H groups in total. The van der Waals surface area contributed by atoms with Crippen LogP contribution in [0.4, 0.5) is 0 Å². The minimum atomic E-state index is 0.345. The van der Waals surface area contributed by atoms with Crippen LogP contribution in [0.1, 0.15) is 89.9 Å². The highest BCUT2D eigenvalue weighted by Gasteiger charge is 1.94. The Morgan fingerprint density at radius 1 is 0.619 bits per heavy atom. The SMILES string of the molecule is C#CCCCCCCCCCCCCCCSCCCO. The van der Waals surface area contributed by atoms with Gasteiger partial charge in [-0.1, -0.05) is 64.2 Å². The topological polar surface area (TPSA) is 20.2 Å². The summed E-state index contributed by atoms with van der Waals surface area (Å²) in [6, 6.07) is 0. The number of aliphatic hydroxyl groups is 1. The van der Waals surface area contributed by atoms with E-state index in [-0.39, 0.29) is 0 Å². The number of rotatable bonds is 17. The van der Waals surface area contributed by atoms with Crippen molar-refractivity contribution < 1.29 is 5.11 Å². The molecule has 0 heterocycles. The molecular weight excluding hydrogens is 276 g/mol. The van der Waals surface area contributed by atoms with Crippen LogP contribution < -0.4 is 0 Å². The number of hydrogen-bond donors (Lipinski definition) is 1. The number of thioether (sulfide) groups is 1. The highest BCUT2D eigenvalue weighted by Crippen LogP contribution is 2.13. The Balaban J connectivity index is 2.92. The van der Waals surface area contributed by atoms with Crippen LogP contribution in [-0.4, -0.2) is 23.2 Å². The summed E-state index contributed by atoms with van der Waals surface area (Å²) in [5.41, 5.74) is 0. The van der Waals surface area contributed by atoms with E-state index in [0.29, 0.717) is 6.61 Å². The summed E-state index contributed by atoms with van der Waals surface area (Å²) in [5.74, 6) is 5.11. The third-order valence-electron chi connectivity index (χ3n) is 3.81. The fraction of sp³-hybridized carbons (Fsp3) is 0.895. The van der Waals surface area contributed by atoms with E-state index in [9.17, 15) is 0 Å². The molecule has 0 bridgehead atoms. The molecule has 0 aromatic rings. The summed E-state index contributed by atoms with van der Waals surface area (Å²) in [4.78, 5) is 0. The lowest BCUT2D eigenvalue weighted by Crippen LogP contribution is -1.88. The Bertz CT molecular complexity index is 222. The number of hydrogen-bond acceptors (Lipinski definition) is 2. The molecule has 2 heteroatoms. The van der Waals surface area contributed by atoms with Crippen molar-refractivity contribution in [1.29, 1.82) is 0 Å². The number of terminal acetylenes is 1. The van der Waals surface area contributed by atoms with Gasteiger partial charge < -0.3 is 5.11 Å². The smallest absolute Gasteiger partial charge is 0.0438 e. The lowest BCUT2D eigenvalue weighted by Gasteiger charge is -2.03. The van der Waals surface area contributed by atoms with Crippen molar-refractivity contribution in [2.45, 2.75) is 89.9 Å². The van der Waals surface area contributed by atoms with Crippen LogP contribution in [0.25, 0.3) is 0 Å². The highest BCUT2D eigenvalue weighted by molar-refractivity contribution is 7.99. The molecule has 0 aromatic carbocycles. The van der Waals surface area contributed by atoms with Crippen LogP contribution in [0, 0.1) is 12.3 Å². The first kappa shape index (κ1) is 20.9. The predicted octanol–water partition coefficient (Wildman–Crippen LogP) is 5.81. The van der Waals surface area contributed by atoms with Gasteiger partial charge >= 0.3 is 0 Å². The van der Waals surface area contributed by atoms with E-state index >= 15 is 0 Å². The fourth-order valence-electron chi connectivity index (χ4n) is 2.47. The van der Waals surface area contributed by atoms with Crippen molar-refractivity contribution in [3.8, 4) is 12.3 Å². The molecule has 124 valence electrons. The van der Waals surface area contributed by atoms with E-state index in [1.807, 2.05) is 11.8 Å². The minimum absolute atomic E-state index is 0.345. The van der Waals surface area contributed by atoms with E-state index in [0.717, 1.165) is 18.6 Å². The van der Waals surface area contributed by atoms with Gasteiger partial charge in [-0.05, 0) is 30.8 Å². The first-order valence-corrected chi connectivity index (χ1v) is 10.2. The molecule has 21 heavy (non-hydrogen) atoms. The van der Waals surface area contributed by atoms with Crippen molar-refractivity contribution in [1.82, 2.24) is 0 Å². The Hall–Kier alpha value is -0.130. The lowest BCUT2D eigenvalue weighted by molar-refractivity contribution is 0.296. The van der Waals surface area contributed by atoms with Gasteiger partial charge in [-0.15, -0.1) is 12.3 Å².